The fourth-order valence-electron chi connectivity index (χ4n) is 4.48. The van der Waals surface area contributed by atoms with Crippen molar-refractivity contribution in [3.8, 4) is 6.07 Å². The second kappa shape index (κ2) is 8.20. The SMILES string of the molecule is Cc1cc(Nc2cc(S(C)(=O)=O)nc(NC3C[C@H]4CC[C@@H](C3)N4CCC#N)n2)n[nH]1. The van der Waals surface area contributed by atoms with E-state index in [4.69, 9.17) is 5.26 Å². The Morgan fingerprint density at radius 3 is 2.57 bits per heavy atom. The van der Waals surface area contributed by atoms with E-state index >= 15 is 0 Å². The zero-order valence-corrected chi connectivity index (χ0v) is 17.9. The largest absolute Gasteiger partial charge is 0.351 e. The van der Waals surface area contributed by atoms with Crippen LogP contribution in [0.3, 0.4) is 0 Å². The first-order chi connectivity index (χ1) is 14.3. The van der Waals surface area contributed by atoms with Crippen LogP contribution in [0.5, 0.6) is 0 Å². The minimum absolute atomic E-state index is 0.0378. The molecule has 2 aliphatic heterocycles. The first-order valence-electron chi connectivity index (χ1n) is 10.1. The quantitative estimate of drug-likeness (QED) is 0.562. The summed E-state index contributed by atoms with van der Waals surface area (Å²) >= 11 is 0. The summed E-state index contributed by atoms with van der Waals surface area (Å²) < 4.78 is 24.3. The average Bonchev–Trinajstić information content (AvgIpc) is 3.18. The molecule has 0 spiro atoms. The third-order valence-corrected chi connectivity index (χ3v) is 6.71. The average molecular weight is 431 g/mol. The summed E-state index contributed by atoms with van der Waals surface area (Å²) in [6.07, 6.45) is 5.79. The molecule has 2 aromatic heterocycles. The number of hydrogen-bond acceptors (Lipinski definition) is 9. The first kappa shape index (κ1) is 20.6. The molecule has 10 nitrogen and oxygen atoms in total. The lowest BCUT2D eigenvalue weighted by atomic mass is 9.97. The van der Waals surface area contributed by atoms with E-state index in [1.165, 1.54) is 6.07 Å². The molecule has 160 valence electrons. The summed E-state index contributed by atoms with van der Waals surface area (Å²) in [4.78, 5) is 11.2. The number of H-pyrrole nitrogens is 1. The Balaban J connectivity index is 1.52. The van der Waals surface area contributed by atoms with Crippen LogP contribution in [-0.2, 0) is 9.84 Å². The fraction of sp³-hybridized carbons (Fsp3) is 0.579. The molecule has 2 aromatic rings. The van der Waals surface area contributed by atoms with Crippen molar-refractivity contribution in [2.75, 3.05) is 23.4 Å². The van der Waals surface area contributed by atoms with Gasteiger partial charge < -0.3 is 10.6 Å². The summed E-state index contributed by atoms with van der Waals surface area (Å²) in [6, 6.07) is 6.51. The predicted octanol–water partition coefficient (Wildman–Crippen LogP) is 1.98. The molecule has 2 saturated heterocycles. The number of anilines is 3. The van der Waals surface area contributed by atoms with Crippen molar-refractivity contribution in [3.05, 3.63) is 17.8 Å². The van der Waals surface area contributed by atoms with Gasteiger partial charge in [-0.15, -0.1) is 0 Å². The maximum Gasteiger partial charge on any atom is 0.226 e. The summed E-state index contributed by atoms with van der Waals surface area (Å²) in [5.41, 5.74) is 0.881. The fourth-order valence-corrected chi connectivity index (χ4v) is 5.05. The van der Waals surface area contributed by atoms with Crippen LogP contribution in [0.2, 0.25) is 0 Å². The standard InChI is InChI=1S/C19H26N8O2S/c1-12-8-17(26-25-12)22-16-11-18(30(2,28)29)24-19(23-16)21-13-9-14-4-5-15(10-13)27(14)7-3-6-20/h8,11,13-15H,3-5,7,9-10H2,1-2H3,(H3,21,22,23,24,25,26)/t13?,14-,15+. The minimum Gasteiger partial charge on any atom is -0.351 e. The Labute approximate surface area is 176 Å². The van der Waals surface area contributed by atoms with Crippen LogP contribution in [0.1, 0.15) is 37.8 Å². The lowest BCUT2D eigenvalue weighted by molar-refractivity contribution is 0.135. The molecule has 2 fully saturated rings. The van der Waals surface area contributed by atoms with Gasteiger partial charge in [0.15, 0.2) is 20.7 Å². The van der Waals surface area contributed by atoms with E-state index in [1.54, 1.807) is 0 Å². The zero-order chi connectivity index (χ0) is 21.3. The van der Waals surface area contributed by atoms with Gasteiger partial charge in [0.05, 0.1) is 6.07 Å². The second-order valence-electron chi connectivity index (χ2n) is 8.09. The van der Waals surface area contributed by atoms with Crippen LogP contribution in [0.4, 0.5) is 17.6 Å². The van der Waals surface area contributed by atoms with Crippen LogP contribution >= 0.6 is 0 Å². The highest BCUT2D eigenvalue weighted by Crippen LogP contribution is 2.36. The molecule has 0 saturated carbocycles. The summed E-state index contributed by atoms with van der Waals surface area (Å²) in [6.45, 7) is 2.69. The van der Waals surface area contributed by atoms with Crippen molar-refractivity contribution < 1.29 is 8.42 Å². The summed E-state index contributed by atoms with van der Waals surface area (Å²) in [5.74, 6) is 1.22. The molecule has 0 aliphatic carbocycles. The number of nitriles is 1. The highest BCUT2D eigenvalue weighted by molar-refractivity contribution is 7.90. The number of aromatic amines is 1. The Hall–Kier alpha value is -2.71. The smallest absolute Gasteiger partial charge is 0.226 e. The molecule has 0 radical (unpaired) electrons. The molecule has 30 heavy (non-hydrogen) atoms. The third-order valence-electron chi connectivity index (χ3n) is 5.74. The van der Waals surface area contributed by atoms with Gasteiger partial charge in [-0.05, 0) is 32.6 Å². The van der Waals surface area contributed by atoms with E-state index in [0.29, 0.717) is 36.1 Å². The van der Waals surface area contributed by atoms with Gasteiger partial charge in [0.25, 0.3) is 0 Å². The van der Waals surface area contributed by atoms with Gasteiger partial charge in [0.1, 0.15) is 5.82 Å². The molecule has 2 bridgehead atoms. The number of nitrogens with one attached hydrogen (secondary N) is 3. The van der Waals surface area contributed by atoms with E-state index < -0.39 is 9.84 Å². The van der Waals surface area contributed by atoms with E-state index in [2.05, 4.69) is 41.8 Å². The number of sulfone groups is 1. The normalized spacial score (nSPS) is 23.8. The van der Waals surface area contributed by atoms with Crippen LogP contribution < -0.4 is 10.6 Å². The van der Waals surface area contributed by atoms with Crippen molar-refractivity contribution in [1.82, 2.24) is 25.1 Å². The molecule has 3 atom stereocenters. The molecule has 2 aliphatic rings. The van der Waals surface area contributed by atoms with Crippen LogP contribution in [-0.4, -0.2) is 64.4 Å². The lowest BCUT2D eigenvalue weighted by Gasteiger charge is -2.38. The highest BCUT2D eigenvalue weighted by atomic mass is 32.2. The van der Waals surface area contributed by atoms with Gasteiger partial charge in [0.2, 0.25) is 5.95 Å². The summed E-state index contributed by atoms with van der Waals surface area (Å²) in [7, 11) is -3.50. The number of fused-ring (bicyclic) bond motifs is 2. The van der Waals surface area contributed by atoms with Gasteiger partial charge in [-0.2, -0.15) is 15.3 Å². The van der Waals surface area contributed by atoms with Gasteiger partial charge in [-0.25, -0.2) is 13.4 Å². The van der Waals surface area contributed by atoms with Crippen molar-refractivity contribution >= 4 is 27.4 Å². The molecule has 0 amide bonds. The first-order valence-corrected chi connectivity index (χ1v) is 12.0. The Morgan fingerprint density at radius 1 is 1.23 bits per heavy atom. The van der Waals surface area contributed by atoms with Crippen molar-refractivity contribution in [2.24, 2.45) is 0 Å². The third kappa shape index (κ3) is 4.55. The van der Waals surface area contributed by atoms with E-state index in [0.717, 1.165) is 44.2 Å². The highest BCUT2D eigenvalue weighted by Gasteiger charge is 2.40. The number of aromatic nitrogens is 4. The van der Waals surface area contributed by atoms with Gasteiger partial charge in [0, 0.05) is 55.2 Å². The molecule has 0 aromatic carbocycles. The van der Waals surface area contributed by atoms with E-state index in [9.17, 15) is 8.42 Å². The topological polar surface area (TPSA) is 140 Å². The molecule has 1 unspecified atom stereocenters. The maximum absolute atomic E-state index is 12.1. The van der Waals surface area contributed by atoms with Crippen molar-refractivity contribution in [1.29, 1.82) is 5.26 Å². The molecule has 4 rings (SSSR count). The molecule has 11 heteroatoms. The Bertz CT molecular complexity index is 1050. The number of piperidine rings is 1. The molecular weight excluding hydrogens is 404 g/mol. The predicted molar refractivity (Wildman–Crippen MR) is 112 cm³/mol. The van der Waals surface area contributed by atoms with Crippen LogP contribution in [0, 0.1) is 18.3 Å². The van der Waals surface area contributed by atoms with Gasteiger partial charge in [-0.3, -0.25) is 10.00 Å². The summed E-state index contributed by atoms with van der Waals surface area (Å²) in [5, 5.41) is 22.2. The molecule has 4 heterocycles. The van der Waals surface area contributed by atoms with E-state index in [-0.39, 0.29) is 11.1 Å². The lowest BCUT2D eigenvalue weighted by Crippen LogP contribution is -2.47. The Kier molecular flexibility index (Phi) is 5.62. The monoisotopic (exact) mass is 430 g/mol. The second-order valence-corrected chi connectivity index (χ2v) is 10.1. The molecular formula is C19H26N8O2S. The maximum atomic E-state index is 12.1. The van der Waals surface area contributed by atoms with Crippen LogP contribution in [0.25, 0.3) is 0 Å². The number of aryl methyl sites for hydroxylation is 1. The Morgan fingerprint density at radius 2 is 1.97 bits per heavy atom. The van der Waals surface area contributed by atoms with Crippen LogP contribution in [0.15, 0.2) is 17.2 Å². The van der Waals surface area contributed by atoms with E-state index in [1.807, 2.05) is 13.0 Å². The van der Waals surface area contributed by atoms with Gasteiger partial charge >= 0.3 is 0 Å². The van der Waals surface area contributed by atoms with Gasteiger partial charge in [-0.1, -0.05) is 0 Å². The number of nitrogens with zero attached hydrogens (tertiary/aromatic N) is 5. The number of rotatable bonds is 7. The zero-order valence-electron chi connectivity index (χ0n) is 17.1. The minimum atomic E-state index is -3.50. The number of hydrogen-bond donors (Lipinski definition) is 3. The van der Waals surface area contributed by atoms with Crippen molar-refractivity contribution in [2.45, 2.75) is 62.2 Å². The van der Waals surface area contributed by atoms with Crippen molar-refractivity contribution in [3.63, 3.8) is 0 Å². The molecule has 3 N–H and O–H groups in total.